The number of carbonyl (C=O) groups excluding carboxylic acids is 1. The third-order valence-electron chi connectivity index (χ3n) is 4.38. The molecule has 1 fully saturated rings. The van der Waals surface area contributed by atoms with E-state index < -0.39 is 17.5 Å². The van der Waals surface area contributed by atoms with Crippen LogP contribution in [0.15, 0.2) is 37.0 Å². The largest absolute Gasteiger partial charge is 0.368 e. The Kier molecular flexibility index (Phi) is 3.74. The van der Waals surface area contributed by atoms with Crippen molar-refractivity contribution in [1.82, 2.24) is 4.74 Å². The van der Waals surface area contributed by atoms with E-state index in [1.54, 1.807) is 19.2 Å². The molecule has 0 bridgehead atoms. The molecule has 4 rings (SSSR count). The summed E-state index contributed by atoms with van der Waals surface area (Å²) in [7, 11) is 1.61. The van der Waals surface area contributed by atoms with Gasteiger partial charge in [-0.15, -0.1) is 0 Å². The Hall–Kier alpha value is -1.70. The molecule has 24 heavy (non-hydrogen) atoms. The molecule has 0 saturated carbocycles. The fourth-order valence-electron chi connectivity index (χ4n) is 3.34. The van der Waals surface area contributed by atoms with Crippen LogP contribution in [-0.4, -0.2) is 29.4 Å². The second-order valence-corrected chi connectivity index (χ2v) is 7.07. The first-order valence-electron chi connectivity index (χ1n) is 7.30. The van der Waals surface area contributed by atoms with Crippen molar-refractivity contribution in [1.29, 1.82) is 0 Å². The molecule has 0 radical (unpaired) electrons. The van der Waals surface area contributed by atoms with Crippen LogP contribution in [0.3, 0.4) is 0 Å². The van der Waals surface area contributed by atoms with Gasteiger partial charge < -0.3 is 9.26 Å². The molecule has 0 aliphatic carbocycles. The molecule has 124 valence electrons. The lowest BCUT2D eigenvalue weighted by molar-refractivity contribution is -0.127. The molecule has 2 aliphatic heterocycles. The summed E-state index contributed by atoms with van der Waals surface area (Å²) in [6, 6.07) is 5.41. The molecule has 3 heterocycles. The number of Topliss-reactive ketones (excluding diaryl/α,β-unsaturated/α-hetero) is 1. The summed E-state index contributed by atoms with van der Waals surface area (Å²) in [5.74, 6) is -0.688. The molecule has 6 nitrogen and oxygen atoms in total. The van der Waals surface area contributed by atoms with Crippen molar-refractivity contribution in [3.63, 3.8) is 0 Å². The fraction of sp³-hybridized carbons (Fsp3) is 0.312. The molecule has 2 aromatic rings. The fourth-order valence-corrected chi connectivity index (χ4v) is 3.78. The monoisotopic (exact) mass is 410 g/mol. The Balaban J connectivity index is 1.98. The number of halogens is 2. The summed E-state index contributed by atoms with van der Waals surface area (Å²) >= 11 is 9.58. The van der Waals surface area contributed by atoms with Crippen molar-refractivity contribution < 1.29 is 14.1 Å². The minimum atomic E-state index is -0.534. The van der Waals surface area contributed by atoms with E-state index >= 15 is 0 Å². The summed E-state index contributed by atoms with van der Waals surface area (Å²) in [6.07, 6.45) is 0. The van der Waals surface area contributed by atoms with Gasteiger partial charge >= 0.3 is 5.63 Å². The number of hydrogen-bond acceptors (Lipinski definition) is 5. The van der Waals surface area contributed by atoms with Gasteiger partial charge in [-0.2, -0.15) is 4.74 Å². The van der Waals surface area contributed by atoms with Crippen LogP contribution >= 0.6 is 27.5 Å². The van der Waals surface area contributed by atoms with Crippen LogP contribution < -0.4 is 5.63 Å². The van der Waals surface area contributed by atoms with E-state index in [1.165, 1.54) is 4.74 Å². The van der Waals surface area contributed by atoms with E-state index in [-0.39, 0.29) is 19.0 Å². The maximum Gasteiger partial charge on any atom is 0.363 e. The van der Waals surface area contributed by atoms with Crippen LogP contribution in [0, 0.1) is 5.92 Å². The van der Waals surface area contributed by atoms with E-state index in [0.717, 1.165) is 10.0 Å². The number of benzene rings is 1. The van der Waals surface area contributed by atoms with Crippen LogP contribution in [0.1, 0.15) is 17.0 Å². The van der Waals surface area contributed by atoms with Crippen molar-refractivity contribution >= 4 is 44.8 Å². The Bertz CT molecular complexity index is 946. The highest BCUT2D eigenvalue weighted by Gasteiger charge is 2.44. The Labute approximate surface area is 150 Å². The zero-order chi connectivity index (χ0) is 17.0. The minimum absolute atomic E-state index is 0.0119. The third-order valence-corrected chi connectivity index (χ3v) is 5.61. The number of aryl methyl sites for hydroxylation is 1. The van der Waals surface area contributed by atoms with E-state index in [9.17, 15) is 9.59 Å². The van der Waals surface area contributed by atoms with Crippen LogP contribution in [-0.2, 0) is 16.6 Å². The summed E-state index contributed by atoms with van der Waals surface area (Å²) in [4.78, 5) is 29.3. The zero-order valence-electron chi connectivity index (χ0n) is 12.6. The van der Waals surface area contributed by atoms with Crippen LogP contribution in [0.5, 0.6) is 0 Å². The number of aromatic nitrogens is 1. The zero-order valence-corrected chi connectivity index (χ0v) is 14.9. The predicted molar refractivity (Wildman–Crippen MR) is 91.4 cm³/mol. The van der Waals surface area contributed by atoms with Crippen molar-refractivity contribution in [2.24, 2.45) is 18.0 Å². The average Bonchev–Trinajstić information content (AvgIpc) is 2.83. The van der Waals surface area contributed by atoms with Gasteiger partial charge in [0.05, 0.1) is 28.8 Å². The van der Waals surface area contributed by atoms with Gasteiger partial charge in [-0.05, 0) is 33.6 Å². The highest BCUT2D eigenvalue weighted by atomic mass is 79.9. The van der Waals surface area contributed by atoms with Gasteiger partial charge in [-0.3, -0.25) is 4.79 Å². The number of ketones is 1. The number of fused-ring (bicyclic) bond motifs is 2. The van der Waals surface area contributed by atoms with Crippen LogP contribution in [0.25, 0.3) is 0 Å². The predicted octanol–water partition coefficient (Wildman–Crippen LogP) is 2.83. The van der Waals surface area contributed by atoms with Gasteiger partial charge in [0, 0.05) is 17.4 Å². The molecule has 2 aliphatic rings. The number of hydrogen-bond donors (Lipinski definition) is 0. The number of carbonyl (C=O) groups is 1. The molecular weight excluding hydrogens is 400 g/mol. The van der Waals surface area contributed by atoms with E-state index in [0.29, 0.717) is 22.1 Å². The van der Waals surface area contributed by atoms with Gasteiger partial charge in [0.1, 0.15) is 6.61 Å². The average molecular weight is 412 g/mol. The minimum Gasteiger partial charge on any atom is -0.368 e. The normalized spacial score (nSPS) is 22.8. The third kappa shape index (κ3) is 2.30. The first-order valence-corrected chi connectivity index (χ1v) is 8.47. The molecule has 1 saturated heterocycles. The highest BCUT2D eigenvalue weighted by molar-refractivity contribution is 9.10. The first kappa shape index (κ1) is 15.8. The van der Waals surface area contributed by atoms with Crippen LogP contribution in [0.2, 0.25) is 5.02 Å². The van der Waals surface area contributed by atoms with E-state index in [1.807, 2.05) is 6.07 Å². The van der Waals surface area contributed by atoms with Gasteiger partial charge in [0.2, 0.25) is 0 Å². The summed E-state index contributed by atoms with van der Waals surface area (Å²) < 4.78 is 12.6. The number of ether oxygens (including phenoxy) is 1. The molecule has 8 heteroatoms. The molecule has 2 unspecified atom stereocenters. The van der Waals surface area contributed by atoms with Gasteiger partial charge in [-0.25, -0.2) is 9.79 Å². The highest BCUT2D eigenvalue weighted by Crippen LogP contribution is 2.43. The molecule has 2 atom stereocenters. The molecule has 0 amide bonds. The van der Waals surface area contributed by atoms with Crippen molar-refractivity contribution in [2.45, 2.75) is 5.92 Å². The van der Waals surface area contributed by atoms with Crippen molar-refractivity contribution in [3.8, 4) is 0 Å². The summed E-state index contributed by atoms with van der Waals surface area (Å²) in [5.41, 5.74) is 1.29. The maximum absolute atomic E-state index is 12.5. The second kappa shape index (κ2) is 5.68. The van der Waals surface area contributed by atoms with E-state index in [4.69, 9.17) is 20.9 Å². The Morgan fingerprint density at radius 2 is 2.08 bits per heavy atom. The molecule has 1 aromatic carbocycles. The van der Waals surface area contributed by atoms with Gasteiger partial charge in [0.15, 0.2) is 11.6 Å². The summed E-state index contributed by atoms with van der Waals surface area (Å²) in [6.45, 7) is 0.272. The number of aliphatic imine (C=N–C) groups is 1. The quantitative estimate of drug-likeness (QED) is 0.723. The molecule has 0 spiro atoms. The second-order valence-electron chi connectivity index (χ2n) is 5.80. The number of nitrogens with zero attached hydrogens (tertiary/aromatic N) is 2. The van der Waals surface area contributed by atoms with Crippen molar-refractivity contribution in [3.05, 3.63) is 49.2 Å². The topological polar surface area (TPSA) is 73.8 Å². The van der Waals surface area contributed by atoms with Gasteiger partial charge in [-0.1, -0.05) is 17.7 Å². The lowest BCUT2D eigenvalue weighted by Crippen LogP contribution is -2.43. The molecule has 1 aromatic heterocycles. The van der Waals surface area contributed by atoms with Gasteiger partial charge in [0.25, 0.3) is 0 Å². The Morgan fingerprint density at radius 1 is 1.29 bits per heavy atom. The summed E-state index contributed by atoms with van der Waals surface area (Å²) in [5, 5.41) is 0.512. The Morgan fingerprint density at radius 3 is 2.83 bits per heavy atom. The SMILES string of the molecule is Cn1oc(=O)c2c1N=C1COCC(=O)C1C2c1ccc(Br)c(Cl)c1. The van der Waals surface area contributed by atoms with Crippen molar-refractivity contribution in [2.75, 3.05) is 13.2 Å². The van der Waals surface area contributed by atoms with E-state index in [2.05, 4.69) is 20.9 Å². The van der Waals surface area contributed by atoms with Crippen LogP contribution in [0.4, 0.5) is 5.82 Å². The smallest absolute Gasteiger partial charge is 0.363 e. The standard InChI is InChI=1S/C16H12BrClN2O4/c1-20-15-14(16(22)24-20)12(7-2-3-8(17)9(18)4-7)13-10(19-15)5-23-6-11(13)21/h2-4,12-13H,5-6H2,1H3. The maximum atomic E-state index is 12.5. The molecule has 0 N–H and O–H groups in total. The molecular formula is C16H12BrClN2O4. The lowest BCUT2D eigenvalue weighted by atomic mass is 9.74. The number of rotatable bonds is 1. The lowest BCUT2D eigenvalue weighted by Gasteiger charge is -2.33. The first-order chi connectivity index (χ1) is 11.5.